The quantitative estimate of drug-likeness (QED) is 0.869. The average molecular weight is 248 g/mol. The van der Waals surface area contributed by atoms with Gasteiger partial charge in [-0.15, -0.1) is 0 Å². The molecule has 1 N–H and O–H groups in total. The molecule has 1 fully saturated rings. The van der Waals surface area contributed by atoms with Crippen LogP contribution in [0, 0.1) is 0 Å². The maximum atomic E-state index is 4.61. The molecular weight excluding hydrogens is 224 g/mol. The Labute approximate surface area is 110 Å². The van der Waals surface area contributed by atoms with Crippen LogP contribution in [0.4, 0.5) is 11.8 Å². The van der Waals surface area contributed by atoms with Gasteiger partial charge >= 0.3 is 0 Å². The predicted molar refractivity (Wildman–Crippen MR) is 76.1 cm³/mol. The number of hydrogen-bond acceptors (Lipinski definition) is 4. The lowest BCUT2D eigenvalue weighted by Crippen LogP contribution is -2.37. The maximum absolute atomic E-state index is 4.61. The van der Waals surface area contributed by atoms with Crippen molar-refractivity contribution in [3.63, 3.8) is 0 Å². The van der Waals surface area contributed by atoms with E-state index < -0.39 is 0 Å². The Morgan fingerprint density at radius 3 is 2.72 bits per heavy atom. The van der Waals surface area contributed by atoms with Crippen LogP contribution in [0.2, 0.25) is 0 Å². The summed E-state index contributed by atoms with van der Waals surface area (Å²) in [7, 11) is 0. The summed E-state index contributed by atoms with van der Waals surface area (Å²) in [4.78, 5) is 11.3. The van der Waals surface area contributed by atoms with Crippen LogP contribution in [0.3, 0.4) is 0 Å². The first-order valence-corrected chi connectivity index (χ1v) is 7.18. The molecule has 4 heteroatoms. The Hall–Kier alpha value is -1.32. The molecule has 0 aliphatic heterocycles. The van der Waals surface area contributed by atoms with Crippen molar-refractivity contribution >= 4 is 11.8 Å². The van der Waals surface area contributed by atoms with Crippen molar-refractivity contribution in [1.29, 1.82) is 0 Å². The van der Waals surface area contributed by atoms with Crippen molar-refractivity contribution in [1.82, 2.24) is 9.97 Å². The molecule has 4 nitrogen and oxygen atoms in total. The topological polar surface area (TPSA) is 41.1 Å². The third-order valence-electron chi connectivity index (χ3n) is 3.63. The van der Waals surface area contributed by atoms with Gasteiger partial charge in [0.15, 0.2) is 0 Å². The molecule has 0 saturated heterocycles. The van der Waals surface area contributed by atoms with Crippen molar-refractivity contribution in [2.45, 2.75) is 52.0 Å². The van der Waals surface area contributed by atoms with Crippen LogP contribution in [0.25, 0.3) is 0 Å². The standard InChI is InChI=1S/C14H24N4/c1-3-15-14-16-11-10-13(17-14)18(4-2)12-8-6-5-7-9-12/h10-12H,3-9H2,1-2H3,(H,15,16,17). The van der Waals surface area contributed by atoms with Gasteiger partial charge < -0.3 is 10.2 Å². The van der Waals surface area contributed by atoms with Gasteiger partial charge in [-0.3, -0.25) is 0 Å². The van der Waals surface area contributed by atoms with Crippen molar-refractivity contribution in [3.8, 4) is 0 Å². The molecule has 18 heavy (non-hydrogen) atoms. The fourth-order valence-corrected chi connectivity index (χ4v) is 2.75. The van der Waals surface area contributed by atoms with Crippen molar-refractivity contribution in [2.24, 2.45) is 0 Å². The van der Waals surface area contributed by atoms with Gasteiger partial charge in [-0.2, -0.15) is 4.98 Å². The minimum absolute atomic E-state index is 0.660. The first kappa shape index (κ1) is 13.1. The van der Waals surface area contributed by atoms with Gasteiger partial charge in [0.1, 0.15) is 5.82 Å². The number of hydrogen-bond donors (Lipinski definition) is 1. The highest BCUT2D eigenvalue weighted by atomic mass is 15.2. The third kappa shape index (κ3) is 3.12. The molecule has 1 heterocycles. The molecule has 0 unspecified atom stereocenters. The lowest BCUT2D eigenvalue weighted by atomic mass is 9.94. The molecule has 0 radical (unpaired) electrons. The molecule has 1 aromatic rings. The Kier molecular flexibility index (Phi) is 4.79. The largest absolute Gasteiger partial charge is 0.354 e. The Balaban J connectivity index is 2.12. The molecular formula is C14H24N4. The average Bonchev–Trinajstić information content (AvgIpc) is 2.42. The summed E-state index contributed by atoms with van der Waals surface area (Å²) in [6.45, 7) is 6.16. The molecule has 2 rings (SSSR count). The van der Waals surface area contributed by atoms with E-state index in [1.807, 2.05) is 12.3 Å². The van der Waals surface area contributed by atoms with E-state index in [0.717, 1.165) is 24.9 Å². The lowest BCUT2D eigenvalue weighted by Gasteiger charge is -2.34. The van der Waals surface area contributed by atoms with E-state index in [1.165, 1.54) is 32.1 Å². The highest BCUT2D eigenvalue weighted by Gasteiger charge is 2.21. The summed E-state index contributed by atoms with van der Waals surface area (Å²) in [6, 6.07) is 2.69. The van der Waals surface area contributed by atoms with Gasteiger partial charge in [-0.1, -0.05) is 19.3 Å². The number of aromatic nitrogens is 2. The van der Waals surface area contributed by atoms with E-state index in [1.54, 1.807) is 0 Å². The zero-order chi connectivity index (χ0) is 12.8. The molecule has 1 aliphatic carbocycles. The second-order valence-corrected chi connectivity index (χ2v) is 4.85. The monoisotopic (exact) mass is 248 g/mol. The third-order valence-corrected chi connectivity index (χ3v) is 3.63. The number of rotatable bonds is 5. The van der Waals surface area contributed by atoms with E-state index >= 15 is 0 Å². The van der Waals surface area contributed by atoms with Crippen LogP contribution >= 0.6 is 0 Å². The predicted octanol–water partition coefficient (Wildman–Crippen LogP) is 3.07. The van der Waals surface area contributed by atoms with Crippen molar-refractivity contribution < 1.29 is 0 Å². The second-order valence-electron chi connectivity index (χ2n) is 4.85. The van der Waals surface area contributed by atoms with Crippen molar-refractivity contribution in [2.75, 3.05) is 23.3 Å². The van der Waals surface area contributed by atoms with Crippen LogP contribution < -0.4 is 10.2 Å². The summed E-state index contributed by atoms with van der Waals surface area (Å²) in [5, 5.41) is 3.18. The number of nitrogens with one attached hydrogen (secondary N) is 1. The zero-order valence-corrected chi connectivity index (χ0v) is 11.5. The molecule has 100 valence electrons. The minimum Gasteiger partial charge on any atom is -0.354 e. The van der Waals surface area contributed by atoms with E-state index in [2.05, 4.69) is 34.0 Å². The first-order valence-electron chi connectivity index (χ1n) is 7.18. The molecule has 0 spiro atoms. The summed E-state index contributed by atoms with van der Waals surface area (Å²) in [5.41, 5.74) is 0. The Bertz CT molecular complexity index is 361. The normalized spacial score (nSPS) is 16.6. The molecule has 0 atom stereocenters. The summed E-state index contributed by atoms with van der Waals surface area (Å²) < 4.78 is 0. The fourth-order valence-electron chi connectivity index (χ4n) is 2.75. The SMILES string of the molecule is CCNc1nccc(N(CC)C2CCCCC2)n1. The highest BCUT2D eigenvalue weighted by Crippen LogP contribution is 2.26. The number of anilines is 2. The second kappa shape index (κ2) is 6.57. The zero-order valence-electron chi connectivity index (χ0n) is 11.5. The fraction of sp³-hybridized carbons (Fsp3) is 0.714. The first-order chi connectivity index (χ1) is 8.85. The van der Waals surface area contributed by atoms with Gasteiger partial charge in [-0.05, 0) is 32.8 Å². The van der Waals surface area contributed by atoms with E-state index in [4.69, 9.17) is 0 Å². The van der Waals surface area contributed by atoms with Crippen LogP contribution in [0.5, 0.6) is 0 Å². The van der Waals surface area contributed by atoms with Gasteiger partial charge in [-0.25, -0.2) is 4.98 Å². The highest BCUT2D eigenvalue weighted by molar-refractivity contribution is 5.43. The molecule has 0 bridgehead atoms. The molecule has 0 amide bonds. The smallest absolute Gasteiger partial charge is 0.224 e. The van der Waals surface area contributed by atoms with Crippen LogP contribution in [-0.2, 0) is 0 Å². The number of nitrogens with zero attached hydrogens (tertiary/aromatic N) is 3. The van der Waals surface area contributed by atoms with E-state index in [9.17, 15) is 0 Å². The maximum Gasteiger partial charge on any atom is 0.224 e. The van der Waals surface area contributed by atoms with Crippen LogP contribution in [0.1, 0.15) is 46.0 Å². The van der Waals surface area contributed by atoms with Gasteiger partial charge in [0.2, 0.25) is 5.95 Å². The van der Waals surface area contributed by atoms with Gasteiger partial charge in [0.25, 0.3) is 0 Å². The summed E-state index contributed by atoms with van der Waals surface area (Å²) in [6.07, 6.45) is 8.55. The summed E-state index contributed by atoms with van der Waals surface area (Å²) in [5.74, 6) is 1.81. The molecule has 1 aromatic heterocycles. The van der Waals surface area contributed by atoms with E-state index in [-0.39, 0.29) is 0 Å². The van der Waals surface area contributed by atoms with Gasteiger partial charge in [0.05, 0.1) is 0 Å². The minimum atomic E-state index is 0.660. The van der Waals surface area contributed by atoms with Crippen LogP contribution in [0.15, 0.2) is 12.3 Å². The molecule has 1 saturated carbocycles. The van der Waals surface area contributed by atoms with Crippen LogP contribution in [-0.4, -0.2) is 29.1 Å². The van der Waals surface area contributed by atoms with E-state index in [0.29, 0.717) is 6.04 Å². The summed E-state index contributed by atoms with van der Waals surface area (Å²) >= 11 is 0. The Morgan fingerprint density at radius 1 is 1.28 bits per heavy atom. The van der Waals surface area contributed by atoms with Crippen molar-refractivity contribution in [3.05, 3.63) is 12.3 Å². The van der Waals surface area contributed by atoms with Gasteiger partial charge in [0, 0.05) is 25.3 Å². The molecule has 1 aliphatic rings. The Morgan fingerprint density at radius 2 is 2.06 bits per heavy atom. The molecule has 0 aromatic carbocycles. The lowest BCUT2D eigenvalue weighted by molar-refractivity contribution is 0.416.